The molecule has 9 heteroatoms. The highest BCUT2D eigenvalue weighted by molar-refractivity contribution is 5.78. The monoisotopic (exact) mass is 618 g/mol. The first-order chi connectivity index (χ1) is 20.8. The molecule has 1 fully saturated rings. The van der Waals surface area contributed by atoms with Crippen molar-refractivity contribution in [2.75, 3.05) is 13.2 Å². The van der Waals surface area contributed by atoms with Gasteiger partial charge in [0, 0.05) is 12.8 Å². The van der Waals surface area contributed by atoms with Crippen LogP contribution in [0, 0.1) is 0 Å². The molecule has 0 aromatic carbocycles. The van der Waals surface area contributed by atoms with Crippen molar-refractivity contribution in [3.63, 3.8) is 0 Å². The average Bonchev–Trinajstić information content (AvgIpc) is 2.97. The lowest BCUT2D eigenvalue weighted by Gasteiger charge is -2.39. The van der Waals surface area contributed by atoms with Gasteiger partial charge in [0.15, 0.2) is 6.29 Å². The second-order valence-electron chi connectivity index (χ2n) is 12.9. The van der Waals surface area contributed by atoms with Gasteiger partial charge in [0.25, 0.3) is 0 Å². The third kappa shape index (κ3) is 20.9. The van der Waals surface area contributed by atoms with Gasteiger partial charge >= 0.3 is 0 Å². The average molecular weight is 619 g/mol. The van der Waals surface area contributed by atoms with E-state index in [9.17, 15) is 35.4 Å². The highest BCUT2D eigenvalue weighted by atomic mass is 16.7. The van der Waals surface area contributed by atoms with Crippen LogP contribution in [0.3, 0.4) is 0 Å². The summed E-state index contributed by atoms with van der Waals surface area (Å²) in [6.45, 7) is 1.34. The normalized spacial score (nSPS) is 23.8. The molecule has 1 saturated heterocycles. The second-order valence-corrected chi connectivity index (χ2v) is 12.9. The van der Waals surface area contributed by atoms with Gasteiger partial charge in [-0.05, 0) is 26.2 Å². The highest BCUT2D eigenvalue weighted by Crippen LogP contribution is 2.22. The standard InChI is InChI=1S/C34H66O9/c1-27(36)25-29(38)22-20-18-16-14-12-10-8-6-4-2-3-5-7-9-11-13-15-17-19-21-28(37)23-24-42-34-33(41)32(40)31(39)30(26-35)43-34/h27-28,30-37,39-41H,2-26H2,1H3/t27-,28-,30-,31-,32+,33+,34+/m1/s1. The third-order valence-electron chi connectivity index (χ3n) is 8.60. The van der Waals surface area contributed by atoms with Crippen LogP contribution in [0.1, 0.15) is 155 Å². The molecule has 0 spiro atoms. The van der Waals surface area contributed by atoms with E-state index < -0.39 is 49.5 Å². The van der Waals surface area contributed by atoms with Crippen molar-refractivity contribution in [3.05, 3.63) is 0 Å². The molecule has 0 aliphatic carbocycles. The summed E-state index contributed by atoms with van der Waals surface area (Å²) in [5.41, 5.74) is 0. The lowest BCUT2D eigenvalue weighted by Crippen LogP contribution is -2.59. The molecule has 7 atom stereocenters. The van der Waals surface area contributed by atoms with Gasteiger partial charge in [0.2, 0.25) is 0 Å². The first-order valence-electron chi connectivity index (χ1n) is 17.6. The maximum Gasteiger partial charge on any atom is 0.186 e. The van der Waals surface area contributed by atoms with Gasteiger partial charge < -0.3 is 40.1 Å². The summed E-state index contributed by atoms with van der Waals surface area (Å²) in [7, 11) is 0. The molecular formula is C34H66O9. The van der Waals surface area contributed by atoms with E-state index >= 15 is 0 Å². The van der Waals surface area contributed by atoms with Crippen LogP contribution >= 0.6 is 0 Å². The van der Waals surface area contributed by atoms with E-state index in [0.29, 0.717) is 25.7 Å². The van der Waals surface area contributed by atoms with Crippen LogP contribution < -0.4 is 0 Å². The zero-order chi connectivity index (χ0) is 31.7. The molecular weight excluding hydrogens is 552 g/mol. The van der Waals surface area contributed by atoms with Gasteiger partial charge in [-0.1, -0.05) is 116 Å². The summed E-state index contributed by atoms with van der Waals surface area (Å²) in [6.07, 6.45) is 18.4. The molecule has 1 aliphatic heterocycles. The van der Waals surface area contributed by atoms with E-state index in [-0.39, 0.29) is 12.4 Å². The van der Waals surface area contributed by atoms with Crippen LogP contribution in [0.2, 0.25) is 0 Å². The number of hydrogen-bond donors (Lipinski definition) is 6. The number of aliphatic hydroxyl groups excluding tert-OH is 6. The predicted octanol–water partition coefficient (Wildman–Crippen LogP) is 5.09. The first-order valence-corrected chi connectivity index (χ1v) is 17.6. The minimum atomic E-state index is -1.45. The molecule has 256 valence electrons. The van der Waals surface area contributed by atoms with Crippen LogP contribution in [-0.2, 0) is 14.3 Å². The van der Waals surface area contributed by atoms with E-state index in [1.807, 2.05) is 0 Å². The van der Waals surface area contributed by atoms with Crippen LogP contribution in [-0.4, -0.2) is 92.5 Å². The summed E-state index contributed by atoms with van der Waals surface area (Å²) in [5, 5.41) is 58.2. The van der Waals surface area contributed by atoms with Gasteiger partial charge in [-0.2, -0.15) is 0 Å². The van der Waals surface area contributed by atoms with E-state index in [4.69, 9.17) is 9.47 Å². The van der Waals surface area contributed by atoms with E-state index in [0.717, 1.165) is 25.7 Å². The van der Waals surface area contributed by atoms with Crippen molar-refractivity contribution in [3.8, 4) is 0 Å². The topological polar surface area (TPSA) is 157 Å². The number of ether oxygens (including phenoxy) is 2. The smallest absolute Gasteiger partial charge is 0.186 e. The lowest BCUT2D eigenvalue weighted by atomic mass is 9.99. The second kappa shape index (κ2) is 26.6. The molecule has 9 nitrogen and oxygen atoms in total. The molecule has 1 heterocycles. The molecule has 0 unspecified atom stereocenters. The SMILES string of the molecule is C[C@@H](O)CC(=O)CCCCCCCCCCCCCCCCCCCCC[C@@H](O)CCO[C@H]1O[C@H](CO)[C@@H](O)[C@H](O)[C@@H]1O. The molecule has 0 amide bonds. The number of ketones is 1. The van der Waals surface area contributed by atoms with Crippen LogP contribution in [0.25, 0.3) is 0 Å². The van der Waals surface area contributed by atoms with Crippen molar-refractivity contribution in [2.45, 2.75) is 198 Å². The van der Waals surface area contributed by atoms with Crippen molar-refractivity contribution in [1.29, 1.82) is 0 Å². The van der Waals surface area contributed by atoms with Crippen LogP contribution in [0.15, 0.2) is 0 Å². The van der Waals surface area contributed by atoms with Crippen molar-refractivity contribution in [1.82, 2.24) is 0 Å². The minimum absolute atomic E-state index is 0.156. The minimum Gasteiger partial charge on any atom is -0.394 e. The first kappa shape index (κ1) is 40.4. The molecule has 0 aromatic heterocycles. The quantitative estimate of drug-likeness (QED) is 0.0629. The summed E-state index contributed by atoms with van der Waals surface area (Å²) < 4.78 is 10.8. The summed E-state index contributed by atoms with van der Waals surface area (Å²) in [6, 6.07) is 0. The molecule has 0 radical (unpaired) electrons. The molecule has 1 rings (SSSR count). The Morgan fingerprint density at radius 2 is 1.09 bits per heavy atom. The van der Waals surface area contributed by atoms with Crippen LogP contribution in [0.4, 0.5) is 0 Å². The zero-order valence-corrected chi connectivity index (χ0v) is 27.1. The van der Waals surface area contributed by atoms with Gasteiger partial charge in [0.05, 0.1) is 25.4 Å². The fraction of sp³-hybridized carbons (Fsp3) is 0.971. The van der Waals surface area contributed by atoms with Crippen molar-refractivity contribution < 1.29 is 44.9 Å². The molecule has 1 aliphatic rings. The third-order valence-corrected chi connectivity index (χ3v) is 8.60. The number of hydrogen-bond acceptors (Lipinski definition) is 9. The van der Waals surface area contributed by atoms with E-state index in [1.165, 1.54) is 96.3 Å². The van der Waals surface area contributed by atoms with Crippen molar-refractivity contribution in [2.24, 2.45) is 0 Å². The number of Topliss-reactive ketones (excluding diaryl/α,β-unsaturated/α-hetero) is 1. The Bertz CT molecular complexity index is 645. The predicted molar refractivity (Wildman–Crippen MR) is 169 cm³/mol. The molecule has 43 heavy (non-hydrogen) atoms. The summed E-state index contributed by atoms with van der Waals surface area (Å²) in [5.74, 6) is 0.192. The van der Waals surface area contributed by atoms with Gasteiger partial charge in [-0.3, -0.25) is 4.79 Å². The van der Waals surface area contributed by atoms with E-state index in [2.05, 4.69) is 0 Å². The molecule has 0 saturated carbocycles. The number of unbranched alkanes of at least 4 members (excludes halogenated alkanes) is 18. The van der Waals surface area contributed by atoms with Gasteiger partial charge in [-0.25, -0.2) is 0 Å². The Morgan fingerprint density at radius 1 is 0.651 bits per heavy atom. The Kier molecular flexibility index (Phi) is 24.9. The Morgan fingerprint density at radius 3 is 1.53 bits per heavy atom. The summed E-state index contributed by atoms with van der Waals surface area (Å²) in [4.78, 5) is 11.6. The Labute approximate surface area is 261 Å². The maximum atomic E-state index is 11.6. The Hall–Kier alpha value is -0.650. The molecule has 0 bridgehead atoms. The maximum absolute atomic E-state index is 11.6. The largest absolute Gasteiger partial charge is 0.394 e. The van der Waals surface area contributed by atoms with Gasteiger partial charge in [0.1, 0.15) is 30.2 Å². The van der Waals surface area contributed by atoms with Crippen molar-refractivity contribution >= 4 is 5.78 Å². The highest BCUT2D eigenvalue weighted by Gasteiger charge is 2.43. The van der Waals surface area contributed by atoms with E-state index in [1.54, 1.807) is 6.92 Å². The molecule has 0 aromatic rings. The fourth-order valence-corrected chi connectivity index (χ4v) is 5.81. The van der Waals surface area contributed by atoms with Crippen LogP contribution in [0.5, 0.6) is 0 Å². The summed E-state index contributed by atoms with van der Waals surface area (Å²) >= 11 is 0. The molecule has 6 N–H and O–H groups in total. The number of carbonyl (C=O) groups is 1. The zero-order valence-electron chi connectivity index (χ0n) is 27.1. The number of carbonyl (C=O) groups excluding carboxylic acids is 1. The fourth-order valence-electron chi connectivity index (χ4n) is 5.81. The van der Waals surface area contributed by atoms with Gasteiger partial charge in [-0.15, -0.1) is 0 Å². The number of aliphatic hydroxyl groups is 6. The lowest BCUT2D eigenvalue weighted by molar-refractivity contribution is -0.301. The Balaban J connectivity index is 1.79. The number of rotatable bonds is 29.